The van der Waals surface area contributed by atoms with Crippen molar-refractivity contribution in [3.05, 3.63) is 59.7 Å². The van der Waals surface area contributed by atoms with Gasteiger partial charge in [0.1, 0.15) is 0 Å². The highest BCUT2D eigenvalue weighted by atomic mass is 16.5. The van der Waals surface area contributed by atoms with Gasteiger partial charge in [-0.05, 0) is 61.4 Å². The average Bonchev–Trinajstić information content (AvgIpc) is 2.69. The molecule has 0 radical (unpaired) electrons. The van der Waals surface area contributed by atoms with Crippen LogP contribution in [0, 0.1) is 0 Å². The van der Waals surface area contributed by atoms with Crippen LogP contribution in [0.4, 0.5) is 0 Å². The molecule has 0 fully saturated rings. The molecule has 0 saturated carbocycles. The summed E-state index contributed by atoms with van der Waals surface area (Å²) in [4.78, 5) is 12.3. The van der Waals surface area contributed by atoms with Gasteiger partial charge in [0.2, 0.25) is 0 Å². The van der Waals surface area contributed by atoms with Gasteiger partial charge in [0.25, 0.3) is 0 Å². The molecule has 0 bridgehead atoms. The van der Waals surface area contributed by atoms with Crippen LogP contribution in [0.25, 0.3) is 11.1 Å². The third-order valence-electron chi connectivity index (χ3n) is 5.00. The van der Waals surface area contributed by atoms with Crippen molar-refractivity contribution in [3.63, 3.8) is 0 Å². The van der Waals surface area contributed by atoms with Crippen LogP contribution in [0.1, 0.15) is 81.6 Å². The van der Waals surface area contributed by atoms with E-state index in [0.29, 0.717) is 5.56 Å². The third kappa shape index (κ3) is 7.21. The Morgan fingerprint density at radius 2 is 1.37 bits per heavy atom. The number of hydrogen-bond donors (Lipinski definition) is 0. The molecule has 2 rings (SSSR count). The molecule has 0 aliphatic rings. The highest BCUT2D eigenvalue weighted by Gasteiger charge is 2.12. The average molecular weight is 367 g/mol. The van der Waals surface area contributed by atoms with Crippen LogP contribution >= 0.6 is 0 Å². The summed E-state index contributed by atoms with van der Waals surface area (Å²) in [6.45, 7) is 6.39. The Hall–Kier alpha value is -2.09. The summed E-state index contributed by atoms with van der Waals surface area (Å²) in [6, 6.07) is 16.5. The van der Waals surface area contributed by atoms with E-state index >= 15 is 0 Å². The summed E-state index contributed by atoms with van der Waals surface area (Å²) in [6.07, 6.45) is 9.33. The van der Waals surface area contributed by atoms with Crippen molar-refractivity contribution in [2.75, 3.05) is 0 Å². The fraction of sp³-hybridized carbons (Fsp3) is 0.480. The summed E-state index contributed by atoms with van der Waals surface area (Å²) in [7, 11) is 0. The number of hydrogen-bond acceptors (Lipinski definition) is 2. The fourth-order valence-electron chi connectivity index (χ4n) is 3.23. The van der Waals surface area contributed by atoms with Crippen molar-refractivity contribution < 1.29 is 9.53 Å². The molecule has 2 heteroatoms. The molecule has 0 N–H and O–H groups in total. The molecule has 0 heterocycles. The maximum absolute atomic E-state index is 12.3. The number of rotatable bonds is 11. The summed E-state index contributed by atoms with van der Waals surface area (Å²) in [5.74, 6) is -0.225. The van der Waals surface area contributed by atoms with E-state index in [1.807, 2.05) is 31.2 Å². The summed E-state index contributed by atoms with van der Waals surface area (Å²) in [5.41, 5.74) is 4.33. The number of benzene rings is 2. The van der Waals surface area contributed by atoms with Gasteiger partial charge in [-0.3, -0.25) is 0 Å². The molecule has 146 valence electrons. The maximum atomic E-state index is 12.3. The largest absolute Gasteiger partial charge is 0.459 e. The lowest BCUT2D eigenvalue weighted by Gasteiger charge is -2.13. The van der Waals surface area contributed by atoms with E-state index < -0.39 is 0 Å². The SMILES string of the molecule is CCCCCc1ccc(-c2ccc(C(=O)OC(C)CCCCC)cc2)cc1. The Labute approximate surface area is 165 Å². The van der Waals surface area contributed by atoms with Crippen LogP contribution < -0.4 is 0 Å². The monoisotopic (exact) mass is 366 g/mol. The second kappa shape index (κ2) is 11.6. The minimum atomic E-state index is -0.225. The minimum absolute atomic E-state index is 0.0241. The summed E-state index contributed by atoms with van der Waals surface area (Å²) < 4.78 is 5.55. The topological polar surface area (TPSA) is 26.3 Å². The molecule has 0 saturated heterocycles. The molecular weight excluding hydrogens is 332 g/mol. The first-order valence-electron chi connectivity index (χ1n) is 10.5. The molecule has 27 heavy (non-hydrogen) atoms. The number of ether oxygens (including phenoxy) is 1. The second-order valence-corrected chi connectivity index (χ2v) is 7.44. The van der Waals surface area contributed by atoms with E-state index in [2.05, 4.69) is 38.1 Å². The zero-order chi connectivity index (χ0) is 19.5. The molecule has 1 unspecified atom stereocenters. The van der Waals surface area contributed by atoms with Crippen LogP contribution in [0.5, 0.6) is 0 Å². The van der Waals surface area contributed by atoms with Gasteiger partial charge < -0.3 is 4.74 Å². The Morgan fingerprint density at radius 1 is 0.815 bits per heavy atom. The van der Waals surface area contributed by atoms with Gasteiger partial charge in [0.05, 0.1) is 11.7 Å². The predicted molar refractivity (Wildman–Crippen MR) is 114 cm³/mol. The molecule has 0 aliphatic carbocycles. The van der Waals surface area contributed by atoms with Crippen LogP contribution in [0.2, 0.25) is 0 Å². The Bertz CT molecular complexity index is 670. The normalized spacial score (nSPS) is 12.0. The lowest BCUT2D eigenvalue weighted by molar-refractivity contribution is 0.0319. The Balaban J connectivity index is 1.91. The van der Waals surface area contributed by atoms with Crippen molar-refractivity contribution >= 4 is 5.97 Å². The smallest absolute Gasteiger partial charge is 0.338 e. The zero-order valence-electron chi connectivity index (χ0n) is 17.2. The summed E-state index contributed by atoms with van der Waals surface area (Å²) >= 11 is 0. The van der Waals surface area contributed by atoms with Gasteiger partial charge in [0.15, 0.2) is 0 Å². The Kier molecular flexibility index (Phi) is 9.10. The van der Waals surface area contributed by atoms with Crippen LogP contribution in [-0.4, -0.2) is 12.1 Å². The predicted octanol–water partition coefficient (Wildman–Crippen LogP) is 7.21. The molecule has 0 aliphatic heterocycles. The quantitative estimate of drug-likeness (QED) is 0.310. The van der Waals surface area contributed by atoms with E-state index in [1.54, 1.807) is 0 Å². The number of aryl methyl sites for hydroxylation is 1. The molecule has 2 aromatic carbocycles. The van der Waals surface area contributed by atoms with E-state index in [9.17, 15) is 4.79 Å². The van der Waals surface area contributed by atoms with Crippen molar-refractivity contribution in [2.24, 2.45) is 0 Å². The lowest BCUT2D eigenvalue weighted by Crippen LogP contribution is -2.14. The minimum Gasteiger partial charge on any atom is -0.459 e. The molecule has 2 nitrogen and oxygen atoms in total. The van der Waals surface area contributed by atoms with Crippen molar-refractivity contribution in [1.82, 2.24) is 0 Å². The number of esters is 1. The van der Waals surface area contributed by atoms with Gasteiger partial charge in [-0.25, -0.2) is 4.79 Å². The van der Waals surface area contributed by atoms with Crippen molar-refractivity contribution in [3.8, 4) is 11.1 Å². The van der Waals surface area contributed by atoms with Gasteiger partial charge in [0, 0.05) is 0 Å². The van der Waals surface area contributed by atoms with Crippen molar-refractivity contribution in [1.29, 1.82) is 0 Å². The van der Waals surface area contributed by atoms with Gasteiger partial charge >= 0.3 is 5.97 Å². The number of unbranched alkanes of at least 4 members (excludes halogenated alkanes) is 4. The maximum Gasteiger partial charge on any atom is 0.338 e. The first-order chi connectivity index (χ1) is 13.1. The molecule has 2 aromatic rings. The number of carbonyl (C=O) groups is 1. The van der Waals surface area contributed by atoms with Gasteiger partial charge in [-0.1, -0.05) is 75.9 Å². The molecule has 1 atom stereocenters. The lowest BCUT2D eigenvalue weighted by atomic mass is 10.0. The second-order valence-electron chi connectivity index (χ2n) is 7.44. The standard InChI is InChI=1S/C25H34O2/c1-4-6-8-10-20(3)27-25(26)24-18-16-23(17-19-24)22-14-12-21(13-15-22)11-9-7-5-2/h12-20H,4-11H2,1-3H3. The zero-order valence-corrected chi connectivity index (χ0v) is 17.2. The molecule has 0 aromatic heterocycles. The molecular formula is C25H34O2. The Morgan fingerprint density at radius 3 is 1.96 bits per heavy atom. The van der Waals surface area contributed by atoms with Gasteiger partial charge in [-0.15, -0.1) is 0 Å². The molecule has 0 amide bonds. The van der Waals surface area contributed by atoms with Crippen LogP contribution in [0.3, 0.4) is 0 Å². The van der Waals surface area contributed by atoms with Crippen molar-refractivity contribution in [2.45, 2.75) is 78.2 Å². The van der Waals surface area contributed by atoms with E-state index in [-0.39, 0.29) is 12.1 Å². The van der Waals surface area contributed by atoms with E-state index in [4.69, 9.17) is 4.74 Å². The highest BCUT2D eigenvalue weighted by Crippen LogP contribution is 2.22. The van der Waals surface area contributed by atoms with E-state index in [0.717, 1.165) is 24.8 Å². The van der Waals surface area contributed by atoms with Crippen LogP contribution in [0.15, 0.2) is 48.5 Å². The first kappa shape index (κ1) is 21.2. The third-order valence-corrected chi connectivity index (χ3v) is 5.00. The van der Waals surface area contributed by atoms with Crippen LogP contribution in [-0.2, 0) is 11.2 Å². The van der Waals surface area contributed by atoms with E-state index in [1.165, 1.54) is 43.2 Å². The first-order valence-corrected chi connectivity index (χ1v) is 10.5. The summed E-state index contributed by atoms with van der Waals surface area (Å²) in [5, 5.41) is 0. The highest BCUT2D eigenvalue weighted by molar-refractivity contribution is 5.90. The number of carbonyl (C=O) groups excluding carboxylic acids is 1. The van der Waals surface area contributed by atoms with Gasteiger partial charge in [-0.2, -0.15) is 0 Å². The fourth-order valence-corrected chi connectivity index (χ4v) is 3.23. The molecule has 0 spiro atoms.